The van der Waals surface area contributed by atoms with Crippen LogP contribution in [0.25, 0.3) is 11.0 Å². The first kappa shape index (κ1) is 29.3. The van der Waals surface area contributed by atoms with Crippen LogP contribution in [-0.4, -0.2) is 49.1 Å². The summed E-state index contributed by atoms with van der Waals surface area (Å²) in [6.07, 6.45) is 1.99. The molecule has 3 heterocycles. The third-order valence-electron chi connectivity index (χ3n) is 6.99. The molecular weight excluding hydrogens is 577 g/mol. The number of hydrogen-bond acceptors (Lipinski definition) is 8. The third kappa shape index (κ3) is 6.65. The predicted octanol–water partition coefficient (Wildman–Crippen LogP) is 5.47. The summed E-state index contributed by atoms with van der Waals surface area (Å²) in [4.78, 5) is 23.0. The molecule has 1 amide bonds. The highest BCUT2D eigenvalue weighted by Gasteiger charge is 2.37. The molecule has 14 heteroatoms. The molecule has 0 atom stereocenters. The van der Waals surface area contributed by atoms with Crippen LogP contribution < -0.4 is 14.2 Å². The van der Waals surface area contributed by atoms with E-state index >= 15 is 0 Å². The summed E-state index contributed by atoms with van der Waals surface area (Å²) in [7, 11) is -3.15. The molecule has 1 aliphatic carbocycles. The monoisotopic (exact) mass is 604 g/mol. The second-order valence-corrected chi connectivity index (χ2v) is 11.5. The van der Waals surface area contributed by atoms with Crippen LogP contribution in [0.3, 0.4) is 0 Å². The largest absolute Gasteiger partial charge is 0.477 e. The predicted molar refractivity (Wildman–Crippen MR) is 145 cm³/mol. The van der Waals surface area contributed by atoms with Gasteiger partial charge in [-0.15, -0.1) is 0 Å². The molecule has 4 aromatic rings. The Morgan fingerprint density at radius 3 is 2.57 bits per heavy atom. The zero-order valence-corrected chi connectivity index (χ0v) is 23.2. The van der Waals surface area contributed by atoms with E-state index in [0.717, 1.165) is 37.3 Å². The van der Waals surface area contributed by atoms with E-state index in [2.05, 4.69) is 15.0 Å². The number of hydrogen-bond donors (Lipinski definition) is 2. The number of benzene rings is 1. The van der Waals surface area contributed by atoms with Crippen LogP contribution in [0.15, 0.2) is 66.0 Å². The Morgan fingerprint density at radius 1 is 1.07 bits per heavy atom. The average molecular weight is 605 g/mol. The normalized spacial score (nSPS) is 17.6. The molecule has 42 heavy (non-hydrogen) atoms. The maximum Gasteiger partial charge on any atom is 0.421 e. The fourth-order valence-electron chi connectivity index (χ4n) is 4.71. The molecule has 0 spiro atoms. The van der Waals surface area contributed by atoms with E-state index in [1.807, 2.05) is 0 Å². The number of sulfonamides is 1. The molecule has 0 radical (unpaired) electrons. The lowest BCUT2D eigenvalue weighted by Crippen LogP contribution is -2.31. The number of carbonyl (C=O) groups is 1. The molecule has 2 N–H and O–H groups in total. The summed E-state index contributed by atoms with van der Waals surface area (Å²) >= 11 is 0. The number of methoxy groups -OCH3 is 1. The second kappa shape index (κ2) is 12.0. The number of H-pyrrole nitrogens is 1. The molecule has 0 bridgehead atoms. The van der Waals surface area contributed by atoms with Gasteiger partial charge in [-0.3, -0.25) is 4.79 Å². The van der Waals surface area contributed by atoms with Crippen molar-refractivity contribution in [3.05, 3.63) is 72.2 Å². The van der Waals surface area contributed by atoms with E-state index in [9.17, 15) is 26.4 Å². The Balaban J connectivity index is 1.32. The molecule has 1 saturated carbocycles. The maximum atomic E-state index is 13.9. The van der Waals surface area contributed by atoms with Gasteiger partial charge >= 0.3 is 6.18 Å². The molecule has 1 aliphatic rings. The molecule has 0 unspecified atom stereocenters. The highest BCUT2D eigenvalue weighted by molar-refractivity contribution is 7.90. The highest BCUT2D eigenvalue weighted by Crippen LogP contribution is 2.37. The summed E-state index contributed by atoms with van der Waals surface area (Å²) in [6.45, 7) is -0.00132. The second-order valence-electron chi connectivity index (χ2n) is 9.83. The quantitative estimate of drug-likeness (QED) is 0.257. The van der Waals surface area contributed by atoms with Gasteiger partial charge in [0.25, 0.3) is 15.9 Å². The zero-order chi connectivity index (χ0) is 29.9. The zero-order valence-electron chi connectivity index (χ0n) is 22.3. The highest BCUT2D eigenvalue weighted by atomic mass is 32.2. The third-order valence-corrected chi connectivity index (χ3v) is 8.28. The molecule has 0 aliphatic heterocycles. The van der Waals surface area contributed by atoms with Gasteiger partial charge in [-0.2, -0.15) is 13.2 Å². The summed E-state index contributed by atoms with van der Waals surface area (Å²) in [5.74, 6) is -1.52. The van der Waals surface area contributed by atoms with Crippen molar-refractivity contribution in [1.29, 1.82) is 0 Å². The van der Waals surface area contributed by atoms with E-state index in [1.54, 1.807) is 36.2 Å². The molecule has 1 aromatic carbocycles. The lowest BCUT2D eigenvalue weighted by atomic mass is 9.88. The minimum atomic E-state index is -4.96. The van der Waals surface area contributed by atoms with E-state index < -0.39 is 38.4 Å². The van der Waals surface area contributed by atoms with Crippen molar-refractivity contribution in [3.63, 3.8) is 0 Å². The van der Waals surface area contributed by atoms with Crippen LogP contribution in [0, 0.1) is 5.92 Å². The molecular formula is C28H27F3N4O6S. The van der Waals surface area contributed by atoms with Gasteiger partial charge in [0.1, 0.15) is 27.6 Å². The number of rotatable bonds is 9. The van der Waals surface area contributed by atoms with E-state index in [-0.39, 0.29) is 35.7 Å². The lowest BCUT2D eigenvalue weighted by Gasteiger charge is -2.27. The van der Waals surface area contributed by atoms with Crippen molar-refractivity contribution in [2.75, 3.05) is 13.7 Å². The number of pyridine rings is 2. The van der Waals surface area contributed by atoms with Crippen molar-refractivity contribution in [2.24, 2.45) is 5.92 Å². The Labute approximate surface area is 239 Å². The molecule has 3 aromatic heterocycles. The van der Waals surface area contributed by atoms with Gasteiger partial charge in [-0.1, -0.05) is 12.1 Å². The summed E-state index contributed by atoms with van der Waals surface area (Å²) in [5.41, 5.74) is -0.904. The number of amides is 1. The van der Waals surface area contributed by atoms with E-state index in [4.69, 9.17) is 14.2 Å². The number of nitrogens with one attached hydrogen (secondary N) is 2. The van der Waals surface area contributed by atoms with Gasteiger partial charge in [0.05, 0.1) is 30.7 Å². The van der Waals surface area contributed by atoms with Gasteiger partial charge in [0, 0.05) is 18.7 Å². The minimum Gasteiger partial charge on any atom is -0.477 e. The SMILES string of the molecule is COC1CCC(COc2ncc(S(=O)(=O)NC(=O)c3ccccc3Oc3cnc4[nH]ccc4c3)cc2C(F)(F)F)CC1. The first-order chi connectivity index (χ1) is 20.0. The number of ether oxygens (including phenoxy) is 3. The number of para-hydroxylation sites is 1. The number of fused-ring (bicyclic) bond motifs is 1. The lowest BCUT2D eigenvalue weighted by molar-refractivity contribution is -0.139. The van der Waals surface area contributed by atoms with Crippen molar-refractivity contribution in [3.8, 4) is 17.4 Å². The van der Waals surface area contributed by atoms with Crippen LogP contribution in [0.1, 0.15) is 41.6 Å². The number of alkyl halides is 3. The van der Waals surface area contributed by atoms with Crippen molar-refractivity contribution in [2.45, 2.75) is 42.9 Å². The Morgan fingerprint density at radius 2 is 1.83 bits per heavy atom. The van der Waals surface area contributed by atoms with Crippen LogP contribution in [0.4, 0.5) is 13.2 Å². The Bertz CT molecular complexity index is 1680. The summed E-state index contributed by atoms with van der Waals surface area (Å²) in [6, 6.07) is 9.66. The van der Waals surface area contributed by atoms with Gasteiger partial charge < -0.3 is 19.2 Å². The number of carbonyl (C=O) groups excluding carboxylic acids is 1. The van der Waals surface area contributed by atoms with Gasteiger partial charge in [-0.05, 0) is 61.9 Å². The van der Waals surface area contributed by atoms with Crippen molar-refractivity contribution < 1.29 is 40.6 Å². The molecule has 10 nitrogen and oxygen atoms in total. The molecule has 5 rings (SSSR count). The molecule has 222 valence electrons. The van der Waals surface area contributed by atoms with Gasteiger partial charge in [0.2, 0.25) is 5.88 Å². The minimum absolute atomic E-state index is 0.00132. The Kier molecular flexibility index (Phi) is 8.36. The smallest absolute Gasteiger partial charge is 0.421 e. The molecule has 0 saturated heterocycles. The van der Waals surface area contributed by atoms with Crippen LogP contribution in [0.5, 0.6) is 17.4 Å². The van der Waals surface area contributed by atoms with Crippen molar-refractivity contribution >= 4 is 27.0 Å². The van der Waals surface area contributed by atoms with Crippen LogP contribution >= 0.6 is 0 Å². The van der Waals surface area contributed by atoms with Gasteiger partial charge in [-0.25, -0.2) is 23.1 Å². The topological polar surface area (TPSA) is 132 Å². The first-order valence-electron chi connectivity index (χ1n) is 13.0. The van der Waals surface area contributed by atoms with E-state index in [1.165, 1.54) is 24.4 Å². The summed E-state index contributed by atoms with van der Waals surface area (Å²) < 4.78 is 86.0. The van der Waals surface area contributed by atoms with Crippen LogP contribution in [-0.2, 0) is 20.9 Å². The van der Waals surface area contributed by atoms with Crippen LogP contribution in [0.2, 0.25) is 0 Å². The van der Waals surface area contributed by atoms with Crippen molar-refractivity contribution in [1.82, 2.24) is 19.7 Å². The first-order valence-corrected chi connectivity index (χ1v) is 14.5. The summed E-state index contributed by atoms with van der Waals surface area (Å²) in [5, 5.41) is 0.746. The number of halogens is 3. The van der Waals surface area contributed by atoms with E-state index in [0.29, 0.717) is 11.7 Å². The average Bonchev–Trinajstić information content (AvgIpc) is 3.44. The fraction of sp³-hybridized carbons (Fsp3) is 0.321. The number of aromatic nitrogens is 3. The molecule has 1 fully saturated rings. The maximum absolute atomic E-state index is 13.9. The van der Waals surface area contributed by atoms with Gasteiger partial charge in [0.15, 0.2) is 0 Å². The number of nitrogens with zero attached hydrogens (tertiary/aromatic N) is 2. The Hall–Kier alpha value is -4.17. The number of aromatic amines is 1. The standard InChI is InChI=1S/C28H27F3N4O6S/c1-39-19-8-6-17(7-9-19)16-40-27-23(28(29,30)31)13-21(15-34-27)42(37,38)35-26(36)22-4-2-3-5-24(22)41-20-12-18-10-11-32-25(18)33-14-20/h2-5,10-15,17,19H,6-9,16H2,1H3,(H,32,33)(H,35,36). The fourth-order valence-corrected chi connectivity index (χ4v) is 5.65.